The van der Waals surface area contributed by atoms with Crippen LogP contribution < -0.4 is 0 Å². The van der Waals surface area contributed by atoms with Gasteiger partial charge in [0.25, 0.3) is 0 Å². The van der Waals surface area contributed by atoms with Crippen LogP contribution in [0.1, 0.15) is 30.7 Å². The van der Waals surface area contributed by atoms with Crippen molar-refractivity contribution in [1.82, 2.24) is 4.98 Å². The van der Waals surface area contributed by atoms with Crippen molar-refractivity contribution in [2.75, 3.05) is 7.11 Å². The fourth-order valence-electron chi connectivity index (χ4n) is 4.52. The van der Waals surface area contributed by atoms with Crippen LogP contribution in [0.15, 0.2) is 67.3 Å². The van der Waals surface area contributed by atoms with Gasteiger partial charge in [0, 0.05) is 16.8 Å². The first-order valence-electron chi connectivity index (χ1n) is 11.0. The molecule has 2 aromatic carbocycles. The van der Waals surface area contributed by atoms with E-state index >= 15 is 0 Å². The molecule has 0 bridgehead atoms. The van der Waals surface area contributed by atoms with Gasteiger partial charge in [-0.05, 0) is 59.7 Å². The molecule has 2 N–H and O–H groups in total. The highest BCUT2D eigenvalue weighted by atomic mass is 31.1. The summed E-state index contributed by atoms with van der Waals surface area (Å²) in [6.45, 7) is 8.51. The molecule has 35 heavy (non-hydrogen) atoms. The number of nitrogens with zero attached hydrogens (tertiary/aromatic N) is 1. The molecule has 1 aromatic heterocycles. The van der Waals surface area contributed by atoms with E-state index in [2.05, 4.69) is 6.58 Å². The average Bonchev–Trinajstić information content (AvgIpc) is 2.85. The second-order valence-electron chi connectivity index (χ2n) is 8.30. The summed E-state index contributed by atoms with van der Waals surface area (Å²) in [7, 11) is -1.84. The van der Waals surface area contributed by atoms with Crippen molar-refractivity contribution in [3.63, 3.8) is 0 Å². The predicted molar refractivity (Wildman–Crippen MR) is 134 cm³/mol. The summed E-state index contributed by atoms with van der Waals surface area (Å²) in [5.74, 6) is -2.00. The molecule has 0 saturated carbocycles. The predicted octanol–water partition coefficient (Wildman–Crippen LogP) is 6.03. The minimum atomic E-state index is -2.95. The third-order valence-corrected chi connectivity index (χ3v) is 8.05. The number of benzene rings is 2. The summed E-state index contributed by atoms with van der Waals surface area (Å²) < 4.78 is 31.8. The van der Waals surface area contributed by atoms with Gasteiger partial charge in [0.05, 0.1) is 12.8 Å². The number of hydrogen-bond donors (Lipinski definition) is 2. The molecule has 0 amide bonds. The number of carbonyl (C=O) groups is 1. The van der Waals surface area contributed by atoms with Gasteiger partial charge in [-0.2, -0.15) is 0 Å². The lowest BCUT2D eigenvalue weighted by Crippen LogP contribution is -2.52. The second kappa shape index (κ2) is 10.2. The Kier molecular flexibility index (Phi) is 7.65. The summed E-state index contributed by atoms with van der Waals surface area (Å²) in [6, 6.07) is 15.1. The van der Waals surface area contributed by atoms with E-state index in [-0.39, 0.29) is 5.56 Å². The van der Waals surface area contributed by atoms with Crippen LogP contribution in [0.5, 0.6) is 0 Å². The first-order chi connectivity index (χ1) is 16.6. The fourth-order valence-corrected chi connectivity index (χ4v) is 5.58. The molecule has 0 aliphatic carbocycles. The lowest BCUT2D eigenvalue weighted by Gasteiger charge is -2.35. The van der Waals surface area contributed by atoms with Crippen LogP contribution >= 0.6 is 8.03 Å². The van der Waals surface area contributed by atoms with E-state index in [1.807, 2.05) is 37.3 Å². The molecule has 0 radical (unpaired) electrons. The number of aliphatic carboxylic acids is 1. The van der Waals surface area contributed by atoms with E-state index in [1.165, 1.54) is 19.1 Å². The van der Waals surface area contributed by atoms with Crippen molar-refractivity contribution >= 4 is 14.0 Å². The van der Waals surface area contributed by atoms with Gasteiger partial charge < -0.3 is 10.2 Å². The van der Waals surface area contributed by atoms with Crippen molar-refractivity contribution in [2.24, 2.45) is 0 Å². The zero-order chi connectivity index (χ0) is 26.0. The maximum absolute atomic E-state index is 13.8. The smallest absolute Gasteiger partial charge is 0.477 e. The van der Waals surface area contributed by atoms with E-state index in [4.69, 9.17) is 9.51 Å². The fraction of sp³-hybridized carbons (Fsp3) is 0.259. The van der Waals surface area contributed by atoms with Gasteiger partial charge >= 0.3 is 19.2 Å². The van der Waals surface area contributed by atoms with Gasteiger partial charge in [-0.15, -0.1) is 4.52 Å². The minimum absolute atomic E-state index is 0.173. The van der Waals surface area contributed by atoms with Crippen LogP contribution in [0.4, 0.5) is 4.39 Å². The van der Waals surface area contributed by atoms with Crippen LogP contribution in [0.3, 0.4) is 0 Å². The summed E-state index contributed by atoms with van der Waals surface area (Å²) in [4.78, 5) is 17.4. The highest BCUT2D eigenvalue weighted by Gasteiger charge is 2.69. The lowest BCUT2D eigenvalue weighted by molar-refractivity contribution is -0.146. The Morgan fingerprint density at radius 2 is 1.77 bits per heavy atom. The molecule has 6 nitrogen and oxygen atoms in total. The molecule has 3 rings (SSSR count). The van der Waals surface area contributed by atoms with Gasteiger partial charge in [-0.25, -0.2) is 9.18 Å². The number of halogens is 1. The highest BCUT2D eigenvalue weighted by Crippen LogP contribution is 2.55. The van der Waals surface area contributed by atoms with Crippen molar-refractivity contribution in [3.8, 4) is 22.4 Å². The van der Waals surface area contributed by atoms with E-state index < -0.39 is 30.6 Å². The molecule has 0 saturated heterocycles. The molecule has 182 valence electrons. The number of aryl methyl sites for hydroxylation is 1. The molecule has 8 heteroatoms. The number of hydrogen-bond acceptors (Lipinski definition) is 5. The number of carboxylic acid groups (broad SMARTS) is 1. The molecule has 0 spiro atoms. The molecule has 0 aliphatic heterocycles. The largest absolute Gasteiger partial charge is 0.534 e. The molecule has 0 aliphatic rings. The Balaban J connectivity index is 2.53. The monoisotopic (exact) mass is 496 g/mol. The van der Waals surface area contributed by atoms with Gasteiger partial charge in [-0.1, -0.05) is 56.0 Å². The van der Waals surface area contributed by atoms with Crippen molar-refractivity contribution in [1.29, 1.82) is 0 Å². The minimum Gasteiger partial charge on any atom is -0.477 e. The maximum Gasteiger partial charge on any atom is 0.534 e. The van der Waals surface area contributed by atoms with E-state index in [9.17, 15) is 24.0 Å². The molecule has 3 unspecified atom stereocenters. The summed E-state index contributed by atoms with van der Waals surface area (Å²) >= 11 is 0. The number of carboxylic acids is 1. The number of aliphatic hydroxyl groups is 1. The molecular formula is C27H28FNO5P+. The van der Waals surface area contributed by atoms with Crippen LogP contribution in [-0.2, 0) is 25.9 Å². The summed E-state index contributed by atoms with van der Waals surface area (Å²) in [5.41, 5.74) is 1.44. The normalized spacial score (nSPS) is 15.1. The Hall–Kier alpha value is -3.25. The third-order valence-electron chi connectivity index (χ3n) is 6.33. The van der Waals surface area contributed by atoms with Gasteiger partial charge in [-0.3, -0.25) is 4.98 Å². The molecule has 3 atom stereocenters. The van der Waals surface area contributed by atoms with Crippen molar-refractivity contribution in [2.45, 2.75) is 37.9 Å². The number of pyridine rings is 1. The zero-order valence-corrected chi connectivity index (χ0v) is 21.0. The van der Waals surface area contributed by atoms with Crippen LogP contribution in [0, 0.1) is 12.7 Å². The van der Waals surface area contributed by atoms with Gasteiger partial charge in [0.2, 0.25) is 0 Å². The molecule has 3 aromatic rings. The molecule has 1 heterocycles. The van der Waals surface area contributed by atoms with Gasteiger partial charge in [0.15, 0.2) is 5.60 Å². The Morgan fingerprint density at radius 1 is 1.17 bits per heavy atom. The first kappa shape index (κ1) is 26.4. The second-order valence-corrected chi connectivity index (χ2v) is 9.88. The SMILES string of the molecule is C=CC(C(=O)O)([P+](=O)OC)C(C)(O)c1c(CC)nc(-c2ccccc2)c(C)c1-c1ccc(F)cc1. The molecular weight excluding hydrogens is 468 g/mol. The van der Waals surface area contributed by atoms with Crippen LogP contribution in [0.2, 0.25) is 0 Å². The van der Waals surface area contributed by atoms with Crippen molar-refractivity contribution < 1.29 is 28.5 Å². The maximum atomic E-state index is 13.8. The standard InChI is InChI=1S/C27H27FNO5P/c1-6-21-23(26(4,32)27(7-2,25(30)31)35(33)34-5)22(18-13-15-20(28)16-14-18)17(3)24(29-21)19-11-9-8-10-12-19/h7-16,32H,2,6H2,1,3-5H3/p+1. The Morgan fingerprint density at radius 3 is 2.26 bits per heavy atom. The van der Waals surface area contributed by atoms with E-state index in [0.717, 1.165) is 18.7 Å². The first-order valence-corrected chi connectivity index (χ1v) is 12.2. The topological polar surface area (TPSA) is 96.7 Å². The number of aromatic nitrogens is 1. The Labute approximate surface area is 205 Å². The van der Waals surface area contributed by atoms with Gasteiger partial charge in [0.1, 0.15) is 5.82 Å². The third kappa shape index (κ3) is 4.31. The lowest BCUT2D eigenvalue weighted by atomic mass is 9.75. The van der Waals surface area contributed by atoms with E-state index in [0.29, 0.717) is 34.5 Å². The Bertz CT molecular complexity index is 1270. The quantitative estimate of drug-likeness (QED) is 0.277. The highest BCUT2D eigenvalue weighted by molar-refractivity contribution is 7.43. The number of rotatable bonds is 9. The average molecular weight is 496 g/mol. The molecule has 0 fully saturated rings. The summed E-state index contributed by atoms with van der Waals surface area (Å²) in [5, 5.41) is 19.9. The zero-order valence-electron chi connectivity index (χ0n) is 20.1. The van der Waals surface area contributed by atoms with E-state index in [1.54, 1.807) is 19.1 Å². The summed E-state index contributed by atoms with van der Waals surface area (Å²) in [6.07, 6.45) is 1.28. The van der Waals surface area contributed by atoms with Crippen LogP contribution in [-0.4, -0.2) is 33.4 Å². The van der Waals surface area contributed by atoms with Crippen LogP contribution in [0.25, 0.3) is 22.4 Å². The van der Waals surface area contributed by atoms with Crippen molar-refractivity contribution in [3.05, 3.63) is 89.9 Å².